The second-order valence-corrected chi connectivity index (χ2v) is 6.48. The molecule has 4 nitrogen and oxygen atoms in total. The zero-order valence-electron chi connectivity index (χ0n) is 11.9. The highest BCUT2D eigenvalue weighted by Crippen LogP contribution is 2.34. The van der Waals surface area contributed by atoms with E-state index in [2.05, 4.69) is 13.8 Å². The van der Waals surface area contributed by atoms with Gasteiger partial charge in [-0.05, 0) is 39.0 Å². The summed E-state index contributed by atoms with van der Waals surface area (Å²) < 4.78 is 10.8. The van der Waals surface area contributed by atoms with Crippen LogP contribution < -0.4 is 0 Å². The van der Waals surface area contributed by atoms with Crippen LogP contribution in [0.3, 0.4) is 0 Å². The van der Waals surface area contributed by atoms with Crippen LogP contribution >= 0.6 is 0 Å². The van der Waals surface area contributed by atoms with Crippen molar-refractivity contribution in [3.05, 3.63) is 0 Å². The molecule has 0 saturated carbocycles. The quantitative estimate of drug-likeness (QED) is 0.710. The highest BCUT2D eigenvalue weighted by atomic mass is 16.6. The van der Waals surface area contributed by atoms with E-state index in [1.54, 1.807) is 12.0 Å². The van der Waals surface area contributed by atoms with Gasteiger partial charge in [0.05, 0.1) is 0 Å². The van der Waals surface area contributed by atoms with Gasteiger partial charge in [-0.3, -0.25) is 4.90 Å². The number of likely N-dealkylation sites (tertiary alicyclic amines) is 1. The van der Waals surface area contributed by atoms with Gasteiger partial charge in [-0.2, -0.15) is 0 Å². The molecule has 1 heterocycles. The Labute approximate surface area is 104 Å². The predicted molar refractivity (Wildman–Crippen MR) is 66.8 cm³/mol. The lowest BCUT2D eigenvalue weighted by Gasteiger charge is -2.42. The monoisotopic (exact) mass is 243 g/mol. The Morgan fingerprint density at radius 2 is 1.94 bits per heavy atom. The van der Waals surface area contributed by atoms with E-state index in [4.69, 9.17) is 9.47 Å². The lowest BCUT2D eigenvalue weighted by atomic mass is 9.82. The van der Waals surface area contributed by atoms with Crippen LogP contribution in [-0.2, 0) is 9.47 Å². The first-order chi connectivity index (χ1) is 7.64. The van der Waals surface area contributed by atoms with Crippen LogP contribution in [0.15, 0.2) is 0 Å². The number of ether oxygens (including phenoxy) is 2. The minimum atomic E-state index is -0.456. The number of amides is 1. The molecule has 0 spiro atoms. The van der Waals surface area contributed by atoms with Crippen LogP contribution in [0.2, 0.25) is 0 Å². The zero-order chi connectivity index (χ0) is 13.3. The van der Waals surface area contributed by atoms with Crippen molar-refractivity contribution in [1.29, 1.82) is 0 Å². The van der Waals surface area contributed by atoms with Gasteiger partial charge in [-0.1, -0.05) is 13.8 Å². The van der Waals surface area contributed by atoms with Crippen LogP contribution in [-0.4, -0.2) is 36.5 Å². The van der Waals surface area contributed by atoms with Gasteiger partial charge in [0.1, 0.15) is 11.8 Å². The van der Waals surface area contributed by atoms with Crippen molar-refractivity contribution in [3.8, 4) is 0 Å². The third kappa shape index (κ3) is 4.19. The average molecular weight is 243 g/mol. The number of nitrogens with zero attached hydrogens (tertiary/aromatic N) is 1. The molecule has 1 unspecified atom stereocenters. The topological polar surface area (TPSA) is 38.8 Å². The molecule has 1 aliphatic rings. The minimum absolute atomic E-state index is 0.173. The molecule has 1 aliphatic heterocycles. The van der Waals surface area contributed by atoms with E-state index in [0.717, 1.165) is 12.8 Å². The molecular weight excluding hydrogens is 218 g/mol. The molecule has 1 atom stereocenters. The first-order valence-corrected chi connectivity index (χ1v) is 6.17. The van der Waals surface area contributed by atoms with E-state index in [1.165, 1.54) is 0 Å². The Balaban J connectivity index is 2.67. The highest BCUT2D eigenvalue weighted by Gasteiger charge is 2.37. The minimum Gasteiger partial charge on any atom is -0.444 e. The second-order valence-electron chi connectivity index (χ2n) is 6.48. The van der Waals surface area contributed by atoms with Crippen molar-refractivity contribution in [2.75, 3.05) is 13.7 Å². The molecule has 0 aromatic carbocycles. The number of carbonyl (C=O) groups excluding carboxylic acids is 1. The van der Waals surface area contributed by atoms with Gasteiger partial charge in [0.15, 0.2) is 0 Å². The second kappa shape index (κ2) is 4.84. The summed E-state index contributed by atoms with van der Waals surface area (Å²) in [6, 6.07) is 0. The van der Waals surface area contributed by atoms with E-state index >= 15 is 0 Å². The smallest absolute Gasteiger partial charge is 0.412 e. The highest BCUT2D eigenvalue weighted by molar-refractivity contribution is 5.68. The van der Waals surface area contributed by atoms with Crippen LogP contribution in [0.4, 0.5) is 4.79 Å². The van der Waals surface area contributed by atoms with Gasteiger partial charge in [-0.15, -0.1) is 0 Å². The van der Waals surface area contributed by atoms with Crippen molar-refractivity contribution >= 4 is 6.09 Å². The molecule has 0 aromatic heterocycles. The Hall–Kier alpha value is -0.770. The fraction of sp³-hybridized carbons (Fsp3) is 0.923. The van der Waals surface area contributed by atoms with Crippen molar-refractivity contribution < 1.29 is 14.3 Å². The van der Waals surface area contributed by atoms with Crippen molar-refractivity contribution in [2.45, 2.75) is 59.3 Å². The molecule has 0 aromatic rings. The maximum absolute atomic E-state index is 12.0. The van der Waals surface area contributed by atoms with Gasteiger partial charge in [0, 0.05) is 13.7 Å². The SMILES string of the molecule is COC1CC(C)(C)CCN1C(=O)OC(C)(C)C. The largest absolute Gasteiger partial charge is 0.444 e. The standard InChI is InChI=1S/C13H25NO3/c1-12(2,3)17-11(15)14-8-7-13(4,5)9-10(14)16-6/h10H,7-9H2,1-6H3. The molecule has 0 bridgehead atoms. The maximum atomic E-state index is 12.0. The maximum Gasteiger partial charge on any atom is 0.412 e. The molecule has 1 amide bonds. The zero-order valence-corrected chi connectivity index (χ0v) is 11.9. The number of carbonyl (C=O) groups is 1. The fourth-order valence-electron chi connectivity index (χ4n) is 1.99. The first-order valence-electron chi connectivity index (χ1n) is 6.17. The molecule has 1 fully saturated rings. The summed E-state index contributed by atoms with van der Waals surface area (Å²) in [4.78, 5) is 13.7. The third-order valence-electron chi connectivity index (χ3n) is 3.00. The predicted octanol–water partition coefficient (Wildman–Crippen LogP) is 3.02. The average Bonchev–Trinajstić information content (AvgIpc) is 2.13. The Kier molecular flexibility index (Phi) is 4.07. The number of methoxy groups -OCH3 is 1. The van der Waals surface area contributed by atoms with Gasteiger partial charge < -0.3 is 9.47 Å². The molecular formula is C13H25NO3. The number of hydrogen-bond donors (Lipinski definition) is 0. The summed E-state index contributed by atoms with van der Waals surface area (Å²) in [5.74, 6) is 0. The van der Waals surface area contributed by atoms with Gasteiger partial charge in [0.2, 0.25) is 0 Å². The first kappa shape index (κ1) is 14.3. The van der Waals surface area contributed by atoms with Crippen molar-refractivity contribution in [1.82, 2.24) is 4.90 Å². The van der Waals surface area contributed by atoms with E-state index < -0.39 is 5.60 Å². The summed E-state index contributed by atoms with van der Waals surface area (Å²) in [5, 5.41) is 0. The number of rotatable bonds is 1. The summed E-state index contributed by atoms with van der Waals surface area (Å²) >= 11 is 0. The van der Waals surface area contributed by atoms with Crippen LogP contribution in [0.5, 0.6) is 0 Å². The number of hydrogen-bond acceptors (Lipinski definition) is 3. The van der Waals surface area contributed by atoms with Crippen LogP contribution in [0.25, 0.3) is 0 Å². The van der Waals surface area contributed by atoms with Crippen LogP contribution in [0.1, 0.15) is 47.5 Å². The molecule has 0 N–H and O–H groups in total. The van der Waals surface area contributed by atoms with Gasteiger partial charge >= 0.3 is 6.09 Å². The van der Waals surface area contributed by atoms with E-state index in [1.807, 2.05) is 20.8 Å². The van der Waals surface area contributed by atoms with E-state index in [0.29, 0.717) is 6.54 Å². The summed E-state index contributed by atoms with van der Waals surface area (Å²) in [5.41, 5.74) is -0.235. The molecule has 1 saturated heterocycles. The van der Waals surface area contributed by atoms with E-state index in [9.17, 15) is 4.79 Å². The molecule has 0 aliphatic carbocycles. The fourth-order valence-corrected chi connectivity index (χ4v) is 1.99. The Bertz CT molecular complexity index is 281. The lowest BCUT2D eigenvalue weighted by Crippen LogP contribution is -2.50. The molecule has 4 heteroatoms. The lowest BCUT2D eigenvalue weighted by molar-refractivity contribution is -0.0898. The van der Waals surface area contributed by atoms with E-state index in [-0.39, 0.29) is 17.7 Å². The number of piperidine rings is 1. The summed E-state index contributed by atoms with van der Waals surface area (Å²) in [6.07, 6.45) is 1.38. The Morgan fingerprint density at radius 1 is 1.35 bits per heavy atom. The third-order valence-corrected chi connectivity index (χ3v) is 3.00. The molecule has 17 heavy (non-hydrogen) atoms. The van der Waals surface area contributed by atoms with Gasteiger partial charge in [-0.25, -0.2) is 4.79 Å². The summed E-state index contributed by atoms with van der Waals surface area (Å²) in [6.45, 7) is 10.7. The van der Waals surface area contributed by atoms with Crippen molar-refractivity contribution in [2.24, 2.45) is 5.41 Å². The van der Waals surface area contributed by atoms with Crippen LogP contribution in [0, 0.1) is 5.41 Å². The molecule has 100 valence electrons. The Morgan fingerprint density at radius 3 is 2.41 bits per heavy atom. The normalized spacial score (nSPS) is 24.6. The summed E-state index contributed by atoms with van der Waals surface area (Å²) in [7, 11) is 1.64. The molecule has 1 rings (SSSR count). The van der Waals surface area contributed by atoms with Crippen molar-refractivity contribution in [3.63, 3.8) is 0 Å². The molecule has 0 radical (unpaired) electrons. The van der Waals surface area contributed by atoms with Gasteiger partial charge in [0.25, 0.3) is 0 Å².